The molecule has 3 atom stereocenters. The van der Waals surface area contributed by atoms with E-state index in [0.29, 0.717) is 18.6 Å². The molecule has 3 N–H and O–H groups in total. The highest BCUT2D eigenvalue weighted by Gasteiger charge is 2.33. The number of carbonyl (C=O) groups excluding carboxylic acids is 3. The number of benzene rings is 2. The molecule has 0 aromatic heterocycles. The van der Waals surface area contributed by atoms with Gasteiger partial charge in [-0.05, 0) is 55.4 Å². The van der Waals surface area contributed by atoms with Gasteiger partial charge >= 0.3 is 11.9 Å². The zero-order chi connectivity index (χ0) is 38.8. The van der Waals surface area contributed by atoms with Gasteiger partial charge in [0.25, 0.3) is 11.4 Å². The zero-order valence-electron chi connectivity index (χ0n) is 29.7. The van der Waals surface area contributed by atoms with Crippen molar-refractivity contribution in [2.24, 2.45) is 5.14 Å². The van der Waals surface area contributed by atoms with E-state index in [0.717, 1.165) is 18.2 Å². The van der Waals surface area contributed by atoms with Crippen LogP contribution in [0.1, 0.15) is 111 Å². The summed E-state index contributed by atoms with van der Waals surface area (Å²) in [5, 5.41) is 27.1. The maximum absolute atomic E-state index is 12.4. The number of non-ortho nitro benzene ring substituents is 2. The summed E-state index contributed by atoms with van der Waals surface area (Å²) in [6.45, 7) is 15.0. The highest BCUT2D eigenvalue weighted by Crippen LogP contribution is 2.39. The van der Waals surface area contributed by atoms with Crippen molar-refractivity contribution in [2.75, 3.05) is 26.4 Å². The topological polar surface area (TPSA) is 247 Å². The van der Waals surface area contributed by atoms with Crippen LogP contribution < -0.4 is 19.3 Å². The van der Waals surface area contributed by atoms with Crippen LogP contribution in [0.3, 0.4) is 0 Å². The van der Waals surface area contributed by atoms with Crippen LogP contribution in [0, 0.1) is 20.2 Å². The predicted octanol–water partition coefficient (Wildman–Crippen LogP) is 4.79. The van der Waals surface area contributed by atoms with Crippen molar-refractivity contribution in [3.63, 3.8) is 0 Å². The van der Waals surface area contributed by atoms with Crippen molar-refractivity contribution in [1.82, 2.24) is 4.72 Å². The monoisotopic (exact) mass is 756 g/mol. The van der Waals surface area contributed by atoms with Crippen molar-refractivity contribution < 1.29 is 51.6 Å². The second-order valence-corrected chi connectivity index (χ2v) is 16.7. The smallest absolute Gasteiger partial charge is 0.342 e. The van der Waals surface area contributed by atoms with Crippen LogP contribution in [-0.2, 0) is 31.4 Å². The van der Waals surface area contributed by atoms with Gasteiger partial charge < -0.3 is 18.9 Å². The third-order valence-corrected chi connectivity index (χ3v) is 9.72. The van der Waals surface area contributed by atoms with Gasteiger partial charge in [-0.25, -0.2) is 22.7 Å². The molecule has 2 aliphatic heterocycles. The van der Waals surface area contributed by atoms with E-state index >= 15 is 0 Å². The Morgan fingerprint density at radius 2 is 1.33 bits per heavy atom. The number of nitrogens with zero attached hydrogens (tertiary/aromatic N) is 2. The Morgan fingerprint density at radius 1 is 0.863 bits per heavy atom. The Kier molecular flexibility index (Phi) is 15.3. The van der Waals surface area contributed by atoms with Gasteiger partial charge in [0.05, 0.1) is 79.3 Å². The summed E-state index contributed by atoms with van der Waals surface area (Å²) in [6.07, 6.45) is 0.620. The van der Waals surface area contributed by atoms with Crippen molar-refractivity contribution in [2.45, 2.75) is 83.8 Å². The summed E-state index contributed by atoms with van der Waals surface area (Å²) < 4.78 is 45.7. The number of ketones is 1. The van der Waals surface area contributed by atoms with Crippen LogP contribution >= 0.6 is 0 Å². The van der Waals surface area contributed by atoms with E-state index in [4.69, 9.17) is 24.1 Å². The number of nitrogens with two attached hydrogens (primary N) is 1. The lowest BCUT2D eigenvalue weighted by atomic mass is 9.97. The Balaban J connectivity index is 0.000000305. The summed E-state index contributed by atoms with van der Waals surface area (Å²) >= 11 is 0. The first-order valence-electron chi connectivity index (χ1n) is 15.8. The van der Waals surface area contributed by atoms with Crippen LogP contribution in [0.4, 0.5) is 11.4 Å². The Bertz CT molecular complexity index is 1700. The maximum atomic E-state index is 12.4. The lowest BCUT2D eigenvalue weighted by Gasteiger charge is -2.29. The second-order valence-electron chi connectivity index (χ2n) is 12.9. The molecule has 282 valence electrons. The summed E-state index contributed by atoms with van der Waals surface area (Å²) in [4.78, 5) is 56.5. The number of nitro benzene ring substituents is 2. The van der Waals surface area contributed by atoms with Crippen LogP contribution in [0.5, 0.6) is 11.5 Å². The number of fused-ring (bicyclic) bond motifs is 2. The zero-order valence-corrected chi connectivity index (χ0v) is 31.4. The summed E-state index contributed by atoms with van der Waals surface area (Å²) in [5.41, 5.74) is -0.135. The van der Waals surface area contributed by atoms with Gasteiger partial charge in [0.2, 0.25) is 0 Å². The molecule has 2 aromatic carbocycles. The van der Waals surface area contributed by atoms with Gasteiger partial charge in [-0.1, -0.05) is 0 Å². The molecular weight excluding hydrogens is 713 g/mol. The minimum absolute atomic E-state index is 0.0130. The van der Waals surface area contributed by atoms with E-state index in [1.165, 1.54) is 6.07 Å². The summed E-state index contributed by atoms with van der Waals surface area (Å²) in [6, 6.07) is 4.28. The molecular formula is C32H44N4O13S2. The predicted molar refractivity (Wildman–Crippen MR) is 189 cm³/mol. The molecule has 4 rings (SSSR count). The lowest BCUT2D eigenvalue weighted by molar-refractivity contribution is -0.385. The van der Waals surface area contributed by atoms with Crippen molar-refractivity contribution in [1.29, 1.82) is 0 Å². The molecule has 51 heavy (non-hydrogen) atoms. The van der Waals surface area contributed by atoms with Gasteiger partial charge in [-0.2, -0.15) is 0 Å². The minimum atomic E-state index is -1.37. The van der Waals surface area contributed by atoms with E-state index in [9.17, 15) is 43.0 Å². The maximum Gasteiger partial charge on any atom is 0.342 e. The van der Waals surface area contributed by atoms with E-state index in [2.05, 4.69) is 4.72 Å². The molecule has 2 aromatic rings. The number of nitro groups is 2. The molecule has 0 unspecified atom stereocenters. The van der Waals surface area contributed by atoms with E-state index < -0.39 is 54.5 Å². The number of carbonyl (C=O) groups is 3. The molecule has 17 nitrogen and oxygen atoms in total. The molecule has 0 amide bonds. The average Bonchev–Trinajstić information content (AvgIpc) is 3.04. The fourth-order valence-electron chi connectivity index (χ4n) is 4.21. The minimum Gasteiger partial charge on any atom is -0.492 e. The quantitative estimate of drug-likeness (QED) is 0.209. The van der Waals surface area contributed by atoms with E-state index in [-0.39, 0.29) is 76.3 Å². The van der Waals surface area contributed by atoms with E-state index in [1.54, 1.807) is 13.8 Å². The Morgan fingerprint density at radius 3 is 1.78 bits per heavy atom. The molecule has 0 fully saturated rings. The average molecular weight is 757 g/mol. The number of rotatable bonds is 8. The SMILES string of the molecule is CC(C)(C)[S@@](N)=O.CCOC(=O)c1cc([N+](=O)[O-])cc2c1OCCC2=O.CCOC(=O)c1cc([N+](=O)[O-])cc2c1OCC[C@@H]2N[S@@](=O)C(C)(C)C. The van der Waals surface area contributed by atoms with Crippen LogP contribution in [0.15, 0.2) is 24.3 Å². The van der Waals surface area contributed by atoms with E-state index in [1.807, 2.05) is 41.5 Å². The molecule has 2 aliphatic rings. The number of ether oxygens (including phenoxy) is 4. The Labute approximate surface area is 300 Å². The van der Waals surface area contributed by atoms with Crippen LogP contribution in [0.2, 0.25) is 0 Å². The largest absolute Gasteiger partial charge is 0.492 e. The van der Waals surface area contributed by atoms with Crippen molar-refractivity contribution in [3.8, 4) is 11.5 Å². The fraction of sp³-hybridized carbons (Fsp3) is 0.531. The number of Topliss-reactive ketones (excluding diaryl/α,β-unsaturated/α-hetero) is 1. The summed E-state index contributed by atoms with van der Waals surface area (Å²) in [5.74, 6) is -1.38. The number of hydrogen-bond donors (Lipinski definition) is 2. The molecule has 0 aliphatic carbocycles. The Hall–Kier alpha value is -4.33. The number of nitrogens with one attached hydrogen (secondary N) is 1. The standard InChI is InChI=1S/C16H22N2O6S.C12H11NO6.C4H11NOS/c1-5-23-15(19)12-9-10(18(20)21)8-11-13(6-7-24-14(11)12)17-25(22)16(2,3)4;1-2-18-12(15)9-6-7(13(16)17)5-8-10(14)3-4-19-11(8)9;1-4(2,3)7(5)6/h8-9,13,17H,5-7H2,1-4H3;5-6H,2-4H2,1H3;5H2,1-3H3/t13-,25-;;7-/m0.0/s1. The molecule has 0 saturated carbocycles. The first-order valence-corrected chi connectivity index (χ1v) is 18.1. The first kappa shape index (κ1) is 42.8. The lowest BCUT2D eigenvalue weighted by Crippen LogP contribution is -2.37. The molecule has 2 heterocycles. The third kappa shape index (κ3) is 11.9. The molecule has 0 spiro atoms. The fourth-order valence-corrected chi connectivity index (χ4v) is 5.06. The van der Waals surface area contributed by atoms with Crippen LogP contribution in [0.25, 0.3) is 0 Å². The van der Waals surface area contributed by atoms with Crippen LogP contribution in [-0.4, -0.2) is 71.9 Å². The molecule has 0 bridgehead atoms. The molecule has 19 heteroatoms. The van der Waals surface area contributed by atoms with Gasteiger partial charge in [-0.15, -0.1) is 0 Å². The van der Waals surface area contributed by atoms with Crippen molar-refractivity contribution >= 4 is 51.1 Å². The van der Waals surface area contributed by atoms with Gasteiger partial charge in [0, 0.05) is 42.7 Å². The normalized spacial score (nSPS) is 16.1. The van der Waals surface area contributed by atoms with Gasteiger partial charge in [0.1, 0.15) is 22.6 Å². The number of hydrogen-bond acceptors (Lipinski definition) is 13. The summed E-state index contributed by atoms with van der Waals surface area (Å²) in [7, 11) is -2.55. The molecule has 0 radical (unpaired) electrons. The highest BCUT2D eigenvalue weighted by atomic mass is 32.2. The number of esters is 2. The van der Waals surface area contributed by atoms with Gasteiger partial charge in [0.15, 0.2) is 5.78 Å². The highest BCUT2D eigenvalue weighted by molar-refractivity contribution is 7.84. The first-order chi connectivity index (χ1) is 23.6. The van der Waals surface area contributed by atoms with Gasteiger partial charge in [-0.3, -0.25) is 30.2 Å². The molecule has 0 saturated heterocycles. The second kappa shape index (κ2) is 18.2. The third-order valence-electron chi connectivity index (χ3n) is 6.90. The van der Waals surface area contributed by atoms with Crippen molar-refractivity contribution in [3.05, 3.63) is 66.7 Å².